The van der Waals surface area contributed by atoms with Crippen LogP contribution in [0.25, 0.3) is 0 Å². The maximum Gasteiger partial charge on any atom is 0.348 e. The summed E-state index contributed by atoms with van der Waals surface area (Å²) in [6.45, 7) is 0. The van der Waals surface area contributed by atoms with Crippen molar-refractivity contribution < 1.29 is 9.85 Å². The number of nitrogen functional groups attached to an aromatic ring is 1. The molecule has 0 amide bonds. The zero-order valence-electron chi connectivity index (χ0n) is 6.64. The van der Waals surface area contributed by atoms with E-state index in [1.807, 2.05) is 0 Å². The van der Waals surface area contributed by atoms with E-state index in [0.29, 0.717) is 0 Å². The van der Waals surface area contributed by atoms with E-state index in [0.717, 1.165) is 12.1 Å². The van der Waals surface area contributed by atoms with Crippen molar-refractivity contribution in [2.75, 3.05) is 5.73 Å². The topological polar surface area (TPSA) is 112 Å². The quantitative estimate of drug-likeness (QED) is 0.496. The van der Waals surface area contributed by atoms with Gasteiger partial charge in [0, 0.05) is 16.6 Å². The molecule has 0 aliphatic heterocycles. The van der Waals surface area contributed by atoms with Gasteiger partial charge in [-0.1, -0.05) is 0 Å². The van der Waals surface area contributed by atoms with Crippen molar-refractivity contribution in [2.45, 2.75) is 0 Å². The number of nitro groups is 2. The van der Waals surface area contributed by atoms with Gasteiger partial charge in [-0.05, 0) is 15.9 Å². The van der Waals surface area contributed by atoms with Crippen molar-refractivity contribution >= 4 is 33.0 Å². The van der Waals surface area contributed by atoms with E-state index in [1.54, 1.807) is 0 Å². The van der Waals surface area contributed by atoms with Gasteiger partial charge in [0.25, 0.3) is 0 Å². The highest BCUT2D eigenvalue weighted by atomic mass is 79.9. The second-order valence-electron chi connectivity index (χ2n) is 2.38. The van der Waals surface area contributed by atoms with Crippen LogP contribution < -0.4 is 5.73 Å². The number of nitro benzene ring substituents is 2. The van der Waals surface area contributed by atoms with E-state index in [1.165, 1.54) is 0 Å². The van der Waals surface area contributed by atoms with Crippen LogP contribution in [0.1, 0.15) is 0 Å². The molecule has 0 unspecified atom stereocenters. The largest absolute Gasteiger partial charge is 0.398 e. The maximum atomic E-state index is 10.4. The molecule has 14 heavy (non-hydrogen) atoms. The van der Waals surface area contributed by atoms with Crippen molar-refractivity contribution in [2.24, 2.45) is 0 Å². The number of halogens is 1. The molecule has 8 heteroatoms. The highest BCUT2D eigenvalue weighted by molar-refractivity contribution is 9.10. The zero-order valence-corrected chi connectivity index (χ0v) is 8.22. The van der Waals surface area contributed by atoms with E-state index < -0.39 is 21.2 Å². The predicted octanol–water partition coefficient (Wildman–Crippen LogP) is 1.85. The molecule has 74 valence electrons. The predicted molar refractivity (Wildman–Crippen MR) is 51.9 cm³/mol. The van der Waals surface area contributed by atoms with Crippen LogP contribution in [-0.4, -0.2) is 9.85 Å². The van der Waals surface area contributed by atoms with E-state index in [2.05, 4.69) is 15.9 Å². The van der Waals surface area contributed by atoms with Crippen molar-refractivity contribution in [1.29, 1.82) is 0 Å². The number of hydrogen-bond donors (Lipinski definition) is 1. The van der Waals surface area contributed by atoms with Crippen LogP contribution >= 0.6 is 15.9 Å². The fourth-order valence-corrected chi connectivity index (χ4v) is 1.19. The van der Waals surface area contributed by atoms with Crippen LogP contribution in [0.5, 0.6) is 0 Å². The second-order valence-corrected chi connectivity index (χ2v) is 3.23. The first-order valence-corrected chi connectivity index (χ1v) is 4.10. The third-order valence-corrected chi connectivity index (χ3v) is 2.17. The van der Waals surface area contributed by atoms with E-state index >= 15 is 0 Å². The molecule has 0 aromatic heterocycles. The van der Waals surface area contributed by atoms with Gasteiger partial charge >= 0.3 is 11.4 Å². The van der Waals surface area contributed by atoms with E-state index in [9.17, 15) is 20.2 Å². The minimum atomic E-state index is -0.846. The summed E-state index contributed by atoms with van der Waals surface area (Å²) in [6, 6.07) is 1.95. The third-order valence-electron chi connectivity index (χ3n) is 1.49. The molecule has 1 aromatic carbocycles. The smallest absolute Gasteiger partial charge is 0.348 e. The Morgan fingerprint density at radius 2 is 1.57 bits per heavy atom. The minimum Gasteiger partial charge on any atom is -0.398 e. The standard InChI is InChI=1S/C6H4BrN3O4/c7-3-1-5(9(11)12)6(10(13)14)2-4(3)8/h1-2H,8H2. The molecule has 0 aliphatic carbocycles. The Balaban J connectivity index is 3.46. The van der Waals surface area contributed by atoms with Gasteiger partial charge in [0.2, 0.25) is 0 Å². The lowest BCUT2D eigenvalue weighted by Crippen LogP contribution is -1.98. The van der Waals surface area contributed by atoms with Gasteiger partial charge in [-0.25, -0.2) is 0 Å². The lowest BCUT2D eigenvalue weighted by Gasteiger charge is -1.98. The molecule has 0 bridgehead atoms. The Labute approximate surface area is 85.9 Å². The highest BCUT2D eigenvalue weighted by Gasteiger charge is 2.25. The average Bonchev–Trinajstić information content (AvgIpc) is 2.08. The molecule has 2 N–H and O–H groups in total. The summed E-state index contributed by atoms with van der Waals surface area (Å²) >= 11 is 2.95. The minimum absolute atomic E-state index is 0.0855. The Morgan fingerprint density at radius 3 is 2.00 bits per heavy atom. The zero-order chi connectivity index (χ0) is 10.9. The number of benzene rings is 1. The fraction of sp³-hybridized carbons (Fsp3) is 0. The summed E-state index contributed by atoms with van der Waals surface area (Å²) in [5, 5.41) is 20.8. The number of anilines is 1. The molecule has 0 fully saturated rings. The molecule has 0 atom stereocenters. The third kappa shape index (κ3) is 1.79. The summed E-state index contributed by atoms with van der Waals surface area (Å²) in [5.41, 5.74) is 4.24. The first-order valence-electron chi connectivity index (χ1n) is 3.31. The lowest BCUT2D eigenvalue weighted by atomic mass is 10.2. The molecule has 0 spiro atoms. The van der Waals surface area contributed by atoms with Crippen LogP contribution in [0, 0.1) is 20.2 Å². The molecule has 0 saturated carbocycles. The summed E-state index contributed by atoms with van der Waals surface area (Å²) in [6.07, 6.45) is 0. The summed E-state index contributed by atoms with van der Waals surface area (Å²) in [7, 11) is 0. The number of nitrogens with zero attached hydrogens (tertiary/aromatic N) is 2. The molecule has 0 aliphatic rings. The van der Waals surface area contributed by atoms with Crippen molar-refractivity contribution in [3.8, 4) is 0 Å². The molecule has 1 rings (SSSR count). The van der Waals surface area contributed by atoms with Crippen molar-refractivity contribution in [3.05, 3.63) is 36.8 Å². The lowest BCUT2D eigenvalue weighted by molar-refractivity contribution is -0.422. The summed E-state index contributed by atoms with van der Waals surface area (Å²) in [4.78, 5) is 19.2. The van der Waals surface area contributed by atoms with E-state index in [-0.39, 0.29) is 10.2 Å². The second kappa shape index (κ2) is 3.58. The number of rotatable bonds is 2. The van der Waals surface area contributed by atoms with E-state index in [4.69, 9.17) is 5.73 Å². The van der Waals surface area contributed by atoms with Crippen LogP contribution in [0.4, 0.5) is 17.1 Å². The molecular weight excluding hydrogens is 258 g/mol. The SMILES string of the molecule is Nc1cc([N+](=O)[O-])c([N+](=O)[O-])cc1Br. The number of nitrogens with two attached hydrogens (primary N) is 1. The summed E-state index contributed by atoms with van der Waals surface area (Å²) in [5.74, 6) is 0. The normalized spacial score (nSPS) is 9.79. The molecular formula is C6H4BrN3O4. The first kappa shape index (κ1) is 10.4. The van der Waals surface area contributed by atoms with Crippen LogP contribution in [0.3, 0.4) is 0 Å². The Hall–Kier alpha value is -1.70. The molecule has 0 saturated heterocycles. The van der Waals surface area contributed by atoms with Crippen LogP contribution in [0.2, 0.25) is 0 Å². The molecule has 1 aromatic rings. The van der Waals surface area contributed by atoms with Gasteiger partial charge in [-0.15, -0.1) is 0 Å². The van der Waals surface area contributed by atoms with Gasteiger partial charge in [-0.3, -0.25) is 20.2 Å². The molecule has 0 heterocycles. The maximum absolute atomic E-state index is 10.4. The monoisotopic (exact) mass is 261 g/mol. The molecule has 0 radical (unpaired) electrons. The average molecular weight is 262 g/mol. The Morgan fingerprint density at radius 1 is 1.14 bits per heavy atom. The fourth-order valence-electron chi connectivity index (χ4n) is 0.860. The Kier molecular flexibility index (Phi) is 2.65. The highest BCUT2D eigenvalue weighted by Crippen LogP contribution is 2.33. The van der Waals surface area contributed by atoms with Gasteiger partial charge in [0.05, 0.1) is 15.5 Å². The van der Waals surface area contributed by atoms with Crippen LogP contribution in [0.15, 0.2) is 16.6 Å². The van der Waals surface area contributed by atoms with Gasteiger partial charge in [0.15, 0.2) is 0 Å². The van der Waals surface area contributed by atoms with Crippen LogP contribution in [-0.2, 0) is 0 Å². The van der Waals surface area contributed by atoms with Gasteiger partial charge in [0.1, 0.15) is 0 Å². The number of hydrogen-bond acceptors (Lipinski definition) is 5. The molecule has 7 nitrogen and oxygen atoms in total. The first-order chi connectivity index (χ1) is 6.43. The Bertz CT molecular complexity index is 381. The summed E-state index contributed by atoms with van der Waals surface area (Å²) < 4.78 is 0.259. The van der Waals surface area contributed by atoms with Crippen molar-refractivity contribution in [1.82, 2.24) is 0 Å². The van der Waals surface area contributed by atoms with Gasteiger partial charge < -0.3 is 5.73 Å². The van der Waals surface area contributed by atoms with Crippen molar-refractivity contribution in [3.63, 3.8) is 0 Å². The van der Waals surface area contributed by atoms with Gasteiger partial charge in [-0.2, -0.15) is 0 Å².